The Balaban J connectivity index is 1.84. The van der Waals surface area contributed by atoms with Crippen LogP contribution >= 0.6 is 11.3 Å². The standard InChI is InChI=1S/C14H20N4OS/c1-18(10-12-5-3-4-6-16-12)14-17-13(11-20-14)9-15-7-8-19-2/h3-6,11,15H,7-10H2,1-2H3. The van der Waals surface area contributed by atoms with Gasteiger partial charge in [-0.1, -0.05) is 6.07 Å². The number of nitrogens with one attached hydrogen (secondary N) is 1. The smallest absolute Gasteiger partial charge is 0.185 e. The quantitative estimate of drug-likeness (QED) is 0.753. The van der Waals surface area contributed by atoms with Gasteiger partial charge < -0.3 is 15.0 Å². The van der Waals surface area contributed by atoms with E-state index in [4.69, 9.17) is 4.74 Å². The highest BCUT2D eigenvalue weighted by molar-refractivity contribution is 7.13. The molecule has 0 aliphatic heterocycles. The monoisotopic (exact) mass is 292 g/mol. The summed E-state index contributed by atoms with van der Waals surface area (Å²) in [5.41, 5.74) is 2.11. The minimum Gasteiger partial charge on any atom is -0.383 e. The molecule has 0 aliphatic rings. The minimum atomic E-state index is 0.719. The first-order chi connectivity index (χ1) is 9.79. The van der Waals surface area contributed by atoms with Crippen LogP contribution in [-0.2, 0) is 17.8 Å². The van der Waals surface area contributed by atoms with Gasteiger partial charge in [0.15, 0.2) is 5.13 Å². The lowest BCUT2D eigenvalue weighted by atomic mass is 10.3. The molecular formula is C14H20N4OS. The van der Waals surface area contributed by atoms with Crippen LogP contribution in [0.15, 0.2) is 29.8 Å². The number of hydrogen-bond acceptors (Lipinski definition) is 6. The maximum Gasteiger partial charge on any atom is 0.185 e. The summed E-state index contributed by atoms with van der Waals surface area (Å²) in [5, 5.41) is 6.39. The van der Waals surface area contributed by atoms with E-state index in [0.29, 0.717) is 0 Å². The van der Waals surface area contributed by atoms with E-state index in [-0.39, 0.29) is 0 Å². The number of pyridine rings is 1. The highest BCUT2D eigenvalue weighted by Gasteiger charge is 2.08. The summed E-state index contributed by atoms with van der Waals surface area (Å²) in [6.07, 6.45) is 1.82. The van der Waals surface area contributed by atoms with Gasteiger partial charge in [-0.3, -0.25) is 4.98 Å². The summed E-state index contributed by atoms with van der Waals surface area (Å²) >= 11 is 1.66. The van der Waals surface area contributed by atoms with Crippen molar-refractivity contribution in [2.45, 2.75) is 13.1 Å². The van der Waals surface area contributed by atoms with Crippen molar-refractivity contribution in [1.29, 1.82) is 0 Å². The summed E-state index contributed by atoms with van der Waals surface area (Å²) in [5.74, 6) is 0. The Kier molecular flexibility index (Phi) is 5.91. The fourth-order valence-electron chi connectivity index (χ4n) is 1.75. The van der Waals surface area contributed by atoms with Crippen molar-refractivity contribution in [2.75, 3.05) is 32.2 Å². The molecule has 0 amide bonds. The number of nitrogens with zero attached hydrogens (tertiary/aromatic N) is 3. The van der Waals surface area contributed by atoms with Gasteiger partial charge in [0.2, 0.25) is 0 Å². The number of aromatic nitrogens is 2. The van der Waals surface area contributed by atoms with Gasteiger partial charge in [0.25, 0.3) is 0 Å². The topological polar surface area (TPSA) is 50.3 Å². The van der Waals surface area contributed by atoms with E-state index in [9.17, 15) is 0 Å². The molecule has 20 heavy (non-hydrogen) atoms. The molecule has 0 bridgehead atoms. The van der Waals surface area contributed by atoms with E-state index in [2.05, 4.69) is 25.6 Å². The third-order valence-corrected chi connectivity index (χ3v) is 3.78. The normalized spacial score (nSPS) is 10.7. The predicted octanol–water partition coefficient (Wildman–Crippen LogP) is 1.91. The van der Waals surface area contributed by atoms with Crippen LogP contribution in [0, 0.1) is 0 Å². The molecule has 2 aromatic heterocycles. The largest absolute Gasteiger partial charge is 0.383 e. The van der Waals surface area contributed by atoms with Crippen molar-refractivity contribution in [3.63, 3.8) is 0 Å². The van der Waals surface area contributed by atoms with Crippen molar-refractivity contribution >= 4 is 16.5 Å². The van der Waals surface area contributed by atoms with Crippen LogP contribution in [0.3, 0.4) is 0 Å². The lowest BCUT2D eigenvalue weighted by Crippen LogP contribution is -2.19. The van der Waals surface area contributed by atoms with Crippen molar-refractivity contribution in [2.24, 2.45) is 0 Å². The SMILES string of the molecule is COCCNCc1csc(N(C)Cc2ccccn2)n1. The zero-order chi connectivity index (χ0) is 14.2. The number of thiazole rings is 1. The van der Waals surface area contributed by atoms with Crippen molar-refractivity contribution in [3.05, 3.63) is 41.2 Å². The third-order valence-electron chi connectivity index (χ3n) is 2.78. The second kappa shape index (κ2) is 7.94. The molecule has 0 aliphatic carbocycles. The van der Waals surface area contributed by atoms with Crippen molar-refractivity contribution < 1.29 is 4.74 Å². The fourth-order valence-corrected chi connectivity index (χ4v) is 2.54. The van der Waals surface area contributed by atoms with Crippen LogP contribution in [0.25, 0.3) is 0 Å². The van der Waals surface area contributed by atoms with Gasteiger partial charge in [-0.25, -0.2) is 4.98 Å². The third kappa shape index (κ3) is 4.56. The van der Waals surface area contributed by atoms with Gasteiger partial charge in [0.05, 0.1) is 24.5 Å². The summed E-state index contributed by atoms with van der Waals surface area (Å²) in [6.45, 7) is 3.10. The highest BCUT2D eigenvalue weighted by Crippen LogP contribution is 2.20. The van der Waals surface area contributed by atoms with Crippen LogP contribution in [0.5, 0.6) is 0 Å². The molecule has 6 heteroatoms. The van der Waals surface area contributed by atoms with E-state index in [1.807, 2.05) is 31.4 Å². The van der Waals surface area contributed by atoms with Gasteiger partial charge in [-0.05, 0) is 12.1 Å². The van der Waals surface area contributed by atoms with Gasteiger partial charge in [-0.2, -0.15) is 0 Å². The van der Waals surface area contributed by atoms with Crippen molar-refractivity contribution in [1.82, 2.24) is 15.3 Å². The molecule has 2 aromatic rings. The average molecular weight is 292 g/mol. The summed E-state index contributed by atoms with van der Waals surface area (Å²) in [4.78, 5) is 11.1. The number of rotatable bonds is 8. The molecule has 0 spiro atoms. The number of anilines is 1. The minimum absolute atomic E-state index is 0.719. The van der Waals surface area contributed by atoms with E-state index in [1.54, 1.807) is 18.4 Å². The van der Waals surface area contributed by atoms with Gasteiger partial charge >= 0.3 is 0 Å². The molecule has 108 valence electrons. The first-order valence-electron chi connectivity index (χ1n) is 6.54. The van der Waals surface area contributed by atoms with Gasteiger partial charge in [0, 0.05) is 38.8 Å². The molecule has 0 unspecified atom stereocenters. The first kappa shape index (κ1) is 14.9. The molecule has 5 nitrogen and oxygen atoms in total. The zero-order valence-corrected chi connectivity index (χ0v) is 12.7. The molecule has 0 fully saturated rings. The Labute approximate surface area is 123 Å². The maximum absolute atomic E-state index is 4.99. The van der Waals surface area contributed by atoms with E-state index in [1.165, 1.54) is 0 Å². The lowest BCUT2D eigenvalue weighted by molar-refractivity contribution is 0.199. The number of methoxy groups -OCH3 is 1. The van der Waals surface area contributed by atoms with E-state index >= 15 is 0 Å². The molecule has 0 saturated heterocycles. The molecule has 0 aromatic carbocycles. The van der Waals surface area contributed by atoms with Crippen LogP contribution in [-0.4, -0.2) is 37.3 Å². The van der Waals surface area contributed by atoms with Crippen LogP contribution in [0.2, 0.25) is 0 Å². The second-order valence-electron chi connectivity index (χ2n) is 4.47. The van der Waals surface area contributed by atoms with Crippen LogP contribution < -0.4 is 10.2 Å². The second-order valence-corrected chi connectivity index (χ2v) is 5.30. The molecule has 2 rings (SSSR count). The summed E-state index contributed by atoms with van der Waals surface area (Å²) in [6, 6.07) is 5.96. The lowest BCUT2D eigenvalue weighted by Gasteiger charge is -2.14. The fraction of sp³-hybridized carbons (Fsp3) is 0.429. The number of ether oxygens (including phenoxy) is 1. The molecule has 0 radical (unpaired) electrons. The Morgan fingerprint density at radius 2 is 2.25 bits per heavy atom. The van der Waals surface area contributed by atoms with Gasteiger partial charge in [0.1, 0.15) is 0 Å². The summed E-state index contributed by atoms with van der Waals surface area (Å²) < 4.78 is 4.99. The zero-order valence-electron chi connectivity index (χ0n) is 11.9. The summed E-state index contributed by atoms with van der Waals surface area (Å²) in [7, 11) is 3.74. The molecule has 1 N–H and O–H groups in total. The van der Waals surface area contributed by atoms with E-state index in [0.717, 1.165) is 42.8 Å². The highest BCUT2D eigenvalue weighted by atomic mass is 32.1. The number of hydrogen-bond donors (Lipinski definition) is 1. The first-order valence-corrected chi connectivity index (χ1v) is 7.42. The van der Waals surface area contributed by atoms with Crippen molar-refractivity contribution in [3.8, 4) is 0 Å². The Morgan fingerprint density at radius 1 is 1.35 bits per heavy atom. The maximum atomic E-state index is 4.99. The van der Waals surface area contributed by atoms with Crippen LogP contribution in [0.1, 0.15) is 11.4 Å². The predicted molar refractivity (Wildman–Crippen MR) is 82.0 cm³/mol. The Morgan fingerprint density at radius 3 is 3.00 bits per heavy atom. The average Bonchev–Trinajstić information content (AvgIpc) is 2.94. The Hall–Kier alpha value is -1.50. The van der Waals surface area contributed by atoms with E-state index < -0.39 is 0 Å². The van der Waals surface area contributed by atoms with Crippen LogP contribution in [0.4, 0.5) is 5.13 Å². The molecular weight excluding hydrogens is 272 g/mol. The molecule has 0 atom stereocenters. The molecule has 2 heterocycles. The molecule has 0 saturated carbocycles. The Bertz CT molecular complexity index is 503. The van der Waals surface area contributed by atoms with Gasteiger partial charge in [-0.15, -0.1) is 11.3 Å².